The molecule has 2 aliphatic rings. The Morgan fingerprint density at radius 1 is 0.944 bits per heavy atom. The summed E-state index contributed by atoms with van der Waals surface area (Å²) in [6.07, 6.45) is 3.73. The summed E-state index contributed by atoms with van der Waals surface area (Å²) in [7, 11) is 0. The molecule has 2 aliphatic heterocycles. The second-order valence-corrected chi connectivity index (χ2v) is 11.2. The van der Waals surface area contributed by atoms with E-state index < -0.39 is 0 Å². The lowest BCUT2D eigenvalue weighted by atomic mass is 9.98. The van der Waals surface area contributed by atoms with Gasteiger partial charge in [0.25, 0.3) is 5.91 Å². The fourth-order valence-corrected chi connectivity index (χ4v) is 6.46. The Morgan fingerprint density at radius 2 is 1.64 bits per heavy atom. The van der Waals surface area contributed by atoms with Crippen molar-refractivity contribution < 1.29 is 9.53 Å². The summed E-state index contributed by atoms with van der Waals surface area (Å²) in [5.41, 5.74) is 3.67. The number of benzene rings is 3. The molecule has 7 heteroatoms. The molecular formula is C29H26Cl2N2O2S. The zero-order valence-electron chi connectivity index (χ0n) is 19.7. The van der Waals surface area contributed by atoms with E-state index in [-0.39, 0.29) is 24.1 Å². The van der Waals surface area contributed by atoms with Crippen molar-refractivity contribution in [3.05, 3.63) is 99.0 Å². The summed E-state index contributed by atoms with van der Waals surface area (Å²) >= 11 is 13.9. The number of fused-ring (bicyclic) bond motifs is 2. The van der Waals surface area contributed by atoms with Crippen LogP contribution in [-0.2, 0) is 11.5 Å². The van der Waals surface area contributed by atoms with Crippen LogP contribution in [0.4, 0.5) is 0 Å². The summed E-state index contributed by atoms with van der Waals surface area (Å²) in [6.45, 7) is 0. The van der Waals surface area contributed by atoms with Crippen molar-refractivity contribution in [2.75, 3.05) is 0 Å². The van der Waals surface area contributed by atoms with Crippen molar-refractivity contribution in [3.8, 4) is 11.8 Å². The van der Waals surface area contributed by atoms with Crippen LogP contribution in [0.1, 0.15) is 52.7 Å². The number of ether oxygens (including phenoxy) is 1. The SMILES string of the molecule is N#Cc1cccc(OC2C[C@H]3CC[C@@H](C2)N3C(=O)c2ccc(CSCc3ccc(Cl)c(Cl)c3)cc2)c1. The highest BCUT2D eigenvalue weighted by Crippen LogP contribution is 2.38. The highest BCUT2D eigenvalue weighted by Gasteiger charge is 2.44. The van der Waals surface area contributed by atoms with Crippen LogP contribution in [0.5, 0.6) is 5.75 Å². The van der Waals surface area contributed by atoms with Gasteiger partial charge in [-0.1, -0.05) is 47.5 Å². The molecule has 0 aromatic heterocycles. The standard InChI is InChI=1S/C29H26Cl2N2O2S/c30-27-11-6-21(13-28(27)31)18-36-17-19-4-7-22(8-5-19)29(34)33-23-9-10-24(33)15-26(14-23)35-25-3-1-2-20(12-25)16-32/h1-8,11-13,23-24,26H,9-10,14-15,17-18H2/t23-,24+,26?. The van der Waals surface area contributed by atoms with E-state index in [9.17, 15) is 4.79 Å². The molecule has 4 nitrogen and oxygen atoms in total. The minimum atomic E-state index is 0.0652. The first-order valence-corrected chi connectivity index (χ1v) is 14.0. The first-order chi connectivity index (χ1) is 17.5. The number of rotatable bonds is 7. The first-order valence-electron chi connectivity index (χ1n) is 12.1. The van der Waals surface area contributed by atoms with E-state index >= 15 is 0 Å². The molecule has 3 aromatic rings. The largest absolute Gasteiger partial charge is 0.490 e. The zero-order valence-corrected chi connectivity index (χ0v) is 22.0. The molecular weight excluding hydrogens is 511 g/mol. The number of hydrogen-bond donors (Lipinski definition) is 0. The van der Waals surface area contributed by atoms with Gasteiger partial charge in [0.2, 0.25) is 0 Å². The fraction of sp³-hybridized carbons (Fsp3) is 0.310. The smallest absolute Gasteiger partial charge is 0.254 e. The van der Waals surface area contributed by atoms with E-state index in [1.54, 1.807) is 23.9 Å². The maximum atomic E-state index is 13.4. The van der Waals surface area contributed by atoms with Crippen molar-refractivity contribution in [1.29, 1.82) is 5.26 Å². The number of piperidine rings is 1. The number of carbonyl (C=O) groups excluding carboxylic acids is 1. The van der Waals surface area contributed by atoms with Gasteiger partial charge < -0.3 is 9.64 Å². The van der Waals surface area contributed by atoms with Crippen LogP contribution in [0.3, 0.4) is 0 Å². The van der Waals surface area contributed by atoms with Crippen LogP contribution in [0, 0.1) is 11.3 Å². The van der Waals surface area contributed by atoms with Gasteiger partial charge in [-0.25, -0.2) is 0 Å². The van der Waals surface area contributed by atoms with E-state index in [0.717, 1.165) is 54.1 Å². The van der Waals surface area contributed by atoms with E-state index in [4.69, 9.17) is 33.2 Å². The molecule has 0 N–H and O–H groups in total. The van der Waals surface area contributed by atoms with Gasteiger partial charge in [0.15, 0.2) is 0 Å². The van der Waals surface area contributed by atoms with Crippen molar-refractivity contribution in [2.45, 2.75) is 55.4 Å². The van der Waals surface area contributed by atoms with Crippen LogP contribution < -0.4 is 4.74 Å². The summed E-state index contributed by atoms with van der Waals surface area (Å²) in [6, 6.07) is 23.6. The average Bonchev–Trinajstić information content (AvgIpc) is 3.16. The number of halogens is 2. The molecule has 2 saturated heterocycles. The number of nitriles is 1. The average molecular weight is 538 g/mol. The Balaban J connectivity index is 1.16. The van der Waals surface area contributed by atoms with E-state index in [2.05, 4.69) is 23.1 Å². The molecule has 1 unspecified atom stereocenters. The maximum Gasteiger partial charge on any atom is 0.254 e. The molecule has 1 amide bonds. The molecule has 184 valence electrons. The summed E-state index contributed by atoms with van der Waals surface area (Å²) in [4.78, 5) is 15.5. The Labute approximate surface area is 226 Å². The van der Waals surface area contributed by atoms with Crippen LogP contribution in [0.2, 0.25) is 10.0 Å². The molecule has 0 saturated carbocycles. The molecule has 3 atom stereocenters. The summed E-state index contributed by atoms with van der Waals surface area (Å²) < 4.78 is 6.20. The van der Waals surface area contributed by atoms with Gasteiger partial charge in [0.1, 0.15) is 11.9 Å². The quantitative estimate of drug-likeness (QED) is 0.313. The lowest BCUT2D eigenvalue weighted by Gasteiger charge is -2.39. The van der Waals surface area contributed by atoms with Gasteiger partial charge in [-0.3, -0.25) is 4.79 Å². The molecule has 0 radical (unpaired) electrons. The Hall–Kier alpha value is -2.65. The number of nitrogens with zero attached hydrogens (tertiary/aromatic N) is 2. The van der Waals surface area contributed by atoms with Gasteiger partial charge in [-0.05, 0) is 66.4 Å². The normalized spacial score (nSPS) is 20.7. The number of amides is 1. The van der Waals surface area contributed by atoms with Crippen LogP contribution >= 0.6 is 35.0 Å². The van der Waals surface area contributed by atoms with Gasteiger partial charge in [0.05, 0.1) is 21.7 Å². The monoisotopic (exact) mass is 536 g/mol. The molecule has 36 heavy (non-hydrogen) atoms. The first kappa shape index (κ1) is 25.0. The van der Waals surface area contributed by atoms with Gasteiger partial charge in [-0.15, -0.1) is 0 Å². The van der Waals surface area contributed by atoms with Crippen molar-refractivity contribution >= 4 is 40.9 Å². The minimum Gasteiger partial charge on any atom is -0.490 e. The third kappa shape index (κ3) is 5.67. The predicted octanol–water partition coefficient (Wildman–Crippen LogP) is 7.51. The molecule has 2 fully saturated rings. The van der Waals surface area contributed by atoms with Crippen molar-refractivity contribution in [3.63, 3.8) is 0 Å². The third-order valence-electron chi connectivity index (χ3n) is 6.91. The molecule has 5 rings (SSSR count). The molecule has 3 aromatic carbocycles. The second kappa shape index (κ2) is 11.2. The van der Waals surface area contributed by atoms with Crippen LogP contribution in [-0.4, -0.2) is 29.0 Å². The summed E-state index contributed by atoms with van der Waals surface area (Å²) in [5, 5.41) is 10.3. The Kier molecular flexibility index (Phi) is 7.76. The Morgan fingerprint density at radius 3 is 2.33 bits per heavy atom. The highest BCUT2D eigenvalue weighted by atomic mass is 35.5. The fourth-order valence-electron chi connectivity index (χ4n) is 5.20. The van der Waals surface area contributed by atoms with Crippen LogP contribution in [0.15, 0.2) is 66.7 Å². The highest BCUT2D eigenvalue weighted by molar-refractivity contribution is 7.97. The summed E-state index contributed by atoms with van der Waals surface area (Å²) in [5.74, 6) is 2.54. The lowest BCUT2D eigenvalue weighted by molar-refractivity contribution is 0.0359. The van der Waals surface area contributed by atoms with Gasteiger partial charge in [0, 0.05) is 42.0 Å². The zero-order chi connectivity index (χ0) is 25.1. The topological polar surface area (TPSA) is 53.3 Å². The van der Waals surface area contributed by atoms with Gasteiger partial charge >= 0.3 is 0 Å². The van der Waals surface area contributed by atoms with E-state index in [0.29, 0.717) is 15.6 Å². The molecule has 2 heterocycles. The van der Waals surface area contributed by atoms with E-state index in [1.807, 2.05) is 42.5 Å². The number of hydrogen-bond acceptors (Lipinski definition) is 4. The van der Waals surface area contributed by atoms with Gasteiger partial charge in [-0.2, -0.15) is 17.0 Å². The molecule has 2 bridgehead atoms. The van der Waals surface area contributed by atoms with Crippen LogP contribution in [0.25, 0.3) is 0 Å². The van der Waals surface area contributed by atoms with E-state index in [1.165, 1.54) is 5.56 Å². The predicted molar refractivity (Wildman–Crippen MR) is 146 cm³/mol. The minimum absolute atomic E-state index is 0.0652. The number of thioether (sulfide) groups is 1. The Bertz CT molecular complexity index is 1280. The molecule has 0 aliphatic carbocycles. The van der Waals surface area contributed by atoms with Crippen molar-refractivity contribution in [1.82, 2.24) is 4.90 Å². The lowest BCUT2D eigenvalue weighted by Crippen LogP contribution is -2.49. The third-order valence-corrected chi connectivity index (χ3v) is 8.73. The second-order valence-electron chi connectivity index (χ2n) is 9.39. The van der Waals surface area contributed by atoms with Crippen molar-refractivity contribution in [2.24, 2.45) is 0 Å². The number of carbonyl (C=O) groups is 1. The maximum absolute atomic E-state index is 13.4. The molecule has 0 spiro atoms.